The monoisotopic (exact) mass is 210 g/mol. The summed E-state index contributed by atoms with van der Waals surface area (Å²) in [6, 6.07) is 4.10. The molecule has 0 aliphatic rings. The van der Waals surface area contributed by atoms with Crippen molar-refractivity contribution in [3.63, 3.8) is 0 Å². The van der Waals surface area contributed by atoms with Gasteiger partial charge in [0.2, 0.25) is 0 Å². The van der Waals surface area contributed by atoms with Gasteiger partial charge in [0, 0.05) is 9.60 Å². The normalized spacial score (nSPS) is 11.0. The first-order valence-electron chi connectivity index (χ1n) is 4.03. The van der Waals surface area contributed by atoms with Gasteiger partial charge in [-0.15, -0.1) is 24.0 Å². The van der Waals surface area contributed by atoms with Crippen LogP contribution in [0, 0.1) is 6.92 Å². The predicted octanol–water partition coefficient (Wildman–Crippen LogP) is 2.99. The summed E-state index contributed by atoms with van der Waals surface area (Å²) in [7, 11) is 0. The highest BCUT2D eigenvalue weighted by atomic mass is 32.1. The number of thiophene rings is 1. The summed E-state index contributed by atoms with van der Waals surface area (Å²) < 4.78 is 1.22. The molecule has 1 heterocycles. The molecule has 1 aromatic heterocycles. The van der Waals surface area contributed by atoms with E-state index in [0.29, 0.717) is 0 Å². The van der Waals surface area contributed by atoms with Crippen LogP contribution in [0.2, 0.25) is 0 Å². The summed E-state index contributed by atoms with van der Waals surface area (Å²) in [6.07, 6.45) is 0. The molecule has 0 spiro atoms. The maximum absolute atomic E-state index is 9.10. The van der Waals surface area contributed by atoms with Gasteiger partial charge in [-0.3, -0.25) is 0 Å². The zero-order chi connectivity index (χ0) is 9.42. The van der Waals surface area contributed by atoms with Crippen molar-refractivity contribution in [3.05, 3.63) is 28.6 Å². The van der Waals surface area contributed by atoms with Crippen LogP contribution in [0.25, 0.3) is 10.1 Å². The molecule has 0 amide bonds. The molecule has 0 bridgehead atoms. The predicted molar refractivity (Wildman–Crippen MR) is 59.7 cm³/mol. The van der Waals surface area contributed by atoms with Crippen LogP contribution in [-0.4, -0.2) is 5.11 Å². The Kier molecular flexibility index (Phi) is 2.32. The van der Waals surface area contributed by atoms with Crippen molar-refractivity contribution < 1.29 is 5.11 Å². The molecule has 1 nitrogen and oxygen atoms in total. The van der Waals surface area contributed by atoms with Gasteiger partial charge in [-0.2, -0.15) is 0 Å². The fourth-order valence-electron chi connectivity index (χ4n) is 1.46. The van der Waals surface area contributed by atoms with E-state index in [1.54, 1.807) is 11.3 Å². The average Bonchev–Trinajstić information content (AvgIpc) is 2.59. The first-order chi connectivity index (χ1) is 6.24. The topological polar surface area (TPSA) is 20.2 Å². The summed E-state index contributed by atoms with van der Waals surface area (Å²) in [6.45, 7) is 2.10. The summed E-state index contributed by atoms with van der Waals surface area (Å²) in [4.78, 5) is 0.911. The molecule has 1 N–H and O–H groups in total. The molecule has 0 fully saturated rings. The molecule has 2 aromatic rings. The number of hydrogen-bond donors (Lipinski definition) is 2. The number of thiol groups is 1. The van der Waals surface area contributed by atoms with Crippen molar-refractivity contribution in [2.75, 3.05) is 0 Å². The van der Waals surface area contributed by atoms with E-state index in [9.17, 15) is 0 Å². The van der Waals surface area contributed by atoms with Crippen LogP contribution in [0.1, 0.15) is 11.1 Å². The van der Waals surface area contributed by atoms with Crippen molar-refractivity contribution in [2.45, 2.75) is 18.4 Å². The maximum atomic E-state index is 9.10. The first-order valence-corrected chi connectivity index (χ1v) is 5.36. The lowest BCUT2D eigenvalue weighted by Crippen LogP contribution is -1.88. The van der Waals surface area contributed by atoms with E-state index < -0.39 is 0 Å². The molecule has 0 radical (unpaired) electrons. The Morgan fingerprint density at radius 2 is 2.31 bits per heavy atom. The van der Waals surface area contributed by atoms with Crippen molar-refractivity contribution in [2.24, 2.45) is 0 Å². The van der Waals surface area contributed by atoms with Crippen molar-refractivity contribution in [1.82, 2.24) is 0 Å². The Bertz CT molecular complexity index is 445. The summed E-state index contributed by atoms with van der Waals surface area (Å²) in [5.41, 5.74) is 2.07. The lowest BCUT2D eigenvalue weighted by atomic mass is 10.1. The molecule has 13 heavy (non-hydrogen) atoms. The van der Waals surface area contributed by atoms with Crippen LogP contribution < -0.4 is 0 Å². The van der Waals surface area contributed by atoms with E-state index in [2.05, 4.69) is 24.1 Å². The Hall–Kier alpha value is -0.510. The van der Waals surface area contributed by atoms with Crippen molar-refractivity contribution in [1.29, 1.82) is 0 Å². The SMILES string of the molecule is Cc1c(S)c(CO)cc2sccc12. The molecule has 0 saturated heterocycles. The van der Waals surface area contributed by atoms with Gasteiger partial charge in [0.05, 0.1) is 6.61 Å². The molecule has 0 aliphatic carbocycles. The van der Waals surface area contributed by atoms with Crippen LogP contribution in [0.5, 0.6) is 0 Å². The molecular formula is C10H10OS2. The van der Waals surface area contributed by atoms with Crippen LogP contribution in [0.3, 0.4) is 0 Å². The summed E-state index contributed by atoms with van der Waals surface area (Å²) >= 11 is 6.08. The fourth-order valence-corrected chi connectivity index (χ4v) is 2.62. The van der Waals surface area contributed by atoms with E-state index in [1.807, 2.05) is 13.0 Å². The molecule has 0 atom stereocenters. The third-order valence-electron chi connectivity index (χ3n) is 2.23. The molecule has 0 unspecified atom stereocenters. The second-order valence-corrected chi connectivity index (χ2v) is 4.39. The van der Waals surface area contributed by atoms with Gasteiger partial charge in [-0.1, -0.05) is 0 Å². The number of rotatable bonds is 1. The van der Waals surface area contributed by atoms with Crippen LogP contribution in [-0.2, 0) is 6.61 Å². The molecule has 1 aromatic carbocycles. The van der Waals surface area contributed by atoms with Crippen molar-refractivity contribution >= 4 is 34.1 Å². The Labute approximate surface area is 86.4 Å². The van der Waals surface area contributed by atoms with Crippen molar-refractivity contribution in [3.8, 4) is 0 Å². The largest absolute Gasteiger partial charge is 0.392 e. The summed E-state index contributed by atoms with van der Waals surface area (Å²) in [5, 5.41) is 12.4. The van der Waals surface area contributed by atoms with Gasteiger partial charge in [-0.05, 0) is 40.9 Å². The van der Waals surface area contributed by atoms with Gasteiger partial charge in [0.15, 0.2) is 0 Å². The number of hydrogen-bond acceptors (Lipinski definition) is 3. The maximum Gasteiger partial charge on any atom is 0.0693 e. The molecule has 68 valence electrons. The molecule has 0 saturated carbocycles. The fraction of sp³-hybridized carbons (Fsp3) is 0.200. The minimum atomic E-state index is 0.0630. The number of aryl methyl sites for hydroxylation is 1. The number of benzene rings is 1. The third kappa shape index (κ3) is 1.37. The molecular weight excluding hydrogens is 200 g/mol. The first kappa shape index (κ1) is 9.06. The Morgan fingerprint density at radius 3 is 3.00 bits per heavy atom. The van der Waals surface area contributed by atoms with Gasteiger partial charge in [-0.25, -0.2) is 0 Å². The van der Waals surface area contributed by atoms with Gasteiger partial charge < -0.3 is 5.11 Å². The average molecular weight is 210 g/mol. The number of aliphatic hydroxyl groups is 1. The highest BCUT2D eigenvalue weighted by molar-refractivity contribution is 7.80. The van der Waals surface area contributed by atoms with E-state index in [-0.39, 0.29) is 6.61 Å². The highest BCUT2D eigenvalue weighted by Crippen LogP contribution is 2.31. The van der Waals surface area contributed by atoms with Crippen LogP contribution >= 0.6 is 24.0 Å². The van der Waals surface area contributed by atoms with Crippen LogP contribution in [0.4, 0.5) is 0 Å². The minimum absolute atomic E-state index is 0.0630. The van der Waals surface area contributed by atoms with E-state index in [0.717, 1.165) is 16.0 Å². The molecule has 2 rings (SSSR count). The summed E-state index contributed by atoms with van der Waals surface area (Å²) in [5.74, 6) is 0. The lowest BCUT2D eigenvalue weighted by Gasteiger charge is -2.06. The van der Waals surface area contributed by atoms with Gasteiger partial charge in [0.1, 0.15) is 0 Å². The van der Waals surface area contributed by atoms with E-state index in [4.69, 9.17) is 5.11 Å². The minimum Gasteiger partial charge on any atom is -0.392 e. The molecule has 0 aliphatic heterocycles. The molecule has 3 heteroatoms. The van der Waals surface area contributed by atoms with Crippen LogP contribution in [0.15, 0.2) is 22.4 Å². The standard InChI is InChI=1S/C10H10OS2/c1-6-8-2-3-13-9(8)4-7(5-11)10(6)12/h2-4,11-12H,5H2,1H3. The van der Waals surface area contributed by atoms with E-state index >= 15 is 0 Å². The highest BCUT2D eigenvalue weighted by Gasteiger charge is 2.06. The van der Waals surface area contributed by atoms with E-state index in [1.165, 1.54) is 10.1 Å². The Balaban J connectivity index is 2.83. The quantitative estimate of drug-likeness (QED) is 0.693. The number of aliphatic hydroxyl groups excluding tert-OH is 1. The van der Waals surface area contributed by atoms with Gasteiger partial charge >= 0.3 is 0 Å². The Morgan fingerprint density at radius 1 is 1.54 bits per heavy atom. The zero-order valence-electron chi connectivity index (χ0n) is 7.24. The zero-order valence-corrected chi connectivity index (χ0v) is 8.95. The van der Waals surface area contributed by atoms with Gasteiger partial charge in [0.25, 0.3) is 0 Å². The number of fused-ring (bicyclic) bond motifs is 1. The lowest BCUT2D eigenvalue weighted by molar-refractivity contribution is 0.279. The second kappa shape index (κ2) is 3.33. The second-order valence-electron chi connectivity index (χ2n) is 3.00. The smallest absolute Gasteiger partial charge is 0.0693 e. The third-order valence-corrected chi connectivity index (χ3v) is 3.72.